The van der Waals surface area contributed by atoms with Gasteiger partial charge in [0.15, 0.2) is 5.82 Å². The molecular formula is C10H11N3. The molecule has 0 N–H and O–H groups in total. The second kappa shape index (κ2) is 4.30. The Morgan fingerprint density at radius 1 is 1.54 bits per heavy atom. The van der Waals surface area contributed by atoms with Crippen molar-refractivity contribution in [1.82, 2.24) is 9.97 Å². The molecular weight excluding hydrogens is 162 g/mol. The fraction of sp³-hybridized carbons (Fsp3) is 0.100. The Bertz CT molecular complexity index is 353. The zero-order valence-corrected chi connectivity index (χ0v) is 7.57. The molecule has 0 bridgehead atoms. The summed E-state index contributed by atoms with van der Waals surface area (Å²) in [6, 6.07) is 0. The van der Waals surface area contributed by atoms with Crippen molar-refractivity contribution in [3.8, 4) is 0 Å². The fourth-order valence-electron chi connectivity index (χ4n) is 0.784. The number of rotatable bonds is 3. The van der Waals surface area contributed by atoms with E-state index in [-0.39, 0.29) is 0 Å². The summed E-state index contributed by atoms with van der Waals surface area (Å²) in [4.78, 5) is 12.1. The van der Waals surface area contributed by atoms with E-state index in [0.29, 0.717) is 5.82 Å². The molecule has 1 rings (SSSR count). The zero-order valence-electron chi connectivity index (χ0n) is 7.57. The Kier molecular flexibility index (Phi) is 3.09. The molecule has 0 unspecified atom stereocenters. The number of hydrogen-bond acceptors (Lipinski definition) is 3. The molecule has 0 amide bonds. The predicted octanol–water partition coefficient (Wildman–Crippen LogP) is 2.40. The third-order valence-corrected chi connectivity index (χ3v) is 1.52. The van der Waals surface area contributed by atoms with Crippen LogP contribution in [0.1, 0.15) is 12.5 Å². The Morgan fingerprint density at radius 3 is 2.92 bits per heavy atom. The maximum Gasteiger partial charge on any atom is 0.162 e. The SMILES string of the molecule is C=CC(C)=Nc1ncncc1C=C. The van der Waals surface area contributed by atoms with Crippen molar-refractivity contribution in [2.24, 2.45) is 4.99 Å². The molecule has 0 aliphatic rings. The van der Waals surface area contributed by atoms with E-state index < -0.39 is 0 Å². The normalized spacial score (nSPS) is 11.0. The standard InChI is InChI=1S/C10H11N3/c1-4-8(3)13-10-9(5-2)6-11-7-12-10/h4-7H,1-2H2,3H3. The van der Waals surface area contributed by atoms with Crippen LogP contribution in [0.25, 0.3) is 6.08 Å². The van der Waals surface area contributed by atoms with Crippen molar-refractivity contribution in [3.63, 3.8) is 0 Å². The molecule has 0 radical (unpaired) electrons. The average Bonchev–Trinajstić information content (AvgIpc) is 2.18. The largest absolute Gasteiger partial charge is 0.244 e. The third kappa shape index (κ3) is 2.33. The monoisotopic (exact) mass is 173 g/mol. The van der Waals surface area contributed by atoms with Crippen LogP contribution >= 0.6 is 0 Å². The van der Waals surface area contributed by atoms with Gasteiger partial charge in [-0.2, -0.15) is 0 Å². The van der Waals surface area contributed by atoms with Crippen LogP contribution in [-0.4, -0.2) is 15.7 Å². The van der Waals surface area contributed by atoms with Gasteiger partial charge in [0.2, 0.25) is 0 Å². The van der Waals surface area contributed by atoms with Gasteiger partial charge < -0.3 is 0 Å². The predicted molar refractivity (Wildman–Crippen MR) is 55.1 cm³/mol. The molecule has 0 aromatic carbocycles. The summed E-state index contributed by atoms with van der Waals surface area (Å²) in [6.45, 7) is 9.12. The van der Waals surface area contributed by atoms with Crippen molar-refractivity contribution in [3.05, 3.63) is 37.3 Å². The summed E-state index contributed by atoms with van der Waals surface area (Å²) in [7, 11) is 0. The average molecular weight is 173 g/mol. The van der Waals surface area contributed by atoms with Crippen molar-refractivity contribution in [1.29, 1.82) is 0 Å². The zero-order chi connectivity index (χ0) is 9.68. The summed E-state index contributed by atoms with van der Waals surface area (Å²) in [5.74, 6) is 0.627. The summed E-state index contributed by atoms with van der Waals surface area (Å²) in [5.41, 5.74) is 1.64. The van der Waals surface area contributed by atoms with Crippen LogP contribution in [-0.2, 0) is 0 Å². The summed E-state index contributed by atoms with van der Waals surface area (Å²) in [6.07, 6.45) is 6.49. The molecule has 0 aliphatic heterocycles. The molecule has 0 aliphatic carbocycles. The van der Waals surface area contributed by atoms with Crippen molar-refractivity contribution < 1.29 is 0 Å². The first-order chi connectivity index (χ1) is 6.27. The lowest BCUT2D eigenvalue weighted by atomic mass is 10.3. The van der Waals surface area contributed by atoms with Gasteiger partial charge >= 0.3 is 0 Å². The molecule has 66 valence electrons. The molecule has 0 fully saturated rings. The first-order valence-electron chi connectivity index (χ1n) is 3.88. The van der Waals surface area contributed by atoms with Crippen molar-refractivity contribution >= 4 is 17.6 Å². The van der Waals surface area contributed by atoms with Gasteiger partial charge in [0.1, 0.15) is 6.33 Å². The van der Waals surface area contributed by atoms with Gasteiger partial charge in [0, 0.05) is 17.5 Å². The second-order valence-corrected chi connectivity index (χ2v) is 2.46. The number of allylic oxidation sites excluding steroid dienone is 1. The summed E-state index contributed by atoms with van der Waals surface area (Å²) >= 11 is 0. The Labute approximate surface area is 77.6 Å². The summed E-state index contributed by atoms with van der Waals surface area (Å²) in [5, 5.41) is 0. The minimum absolute atomic E-state index is 0.627. The van der Waals surface area contributed by atoms with Crippen LogP contribution in [0.2, 0.25) is 0 Å². The number of aromatic nitrogens is 2. The highest BCUT2D eigenvalue weighted by molar-refractivity contribution is 5.94. The molecule has 1 aromatic rings. The molecule has 0 atom stereocenters. The lowest BCUT2D eigenvalue weighted by Crippen LogP contribution is -1.87. The van der Waals surface area contributed by atoms with Gasteiger partial charge in [-0.1, -0.05) is 19.2 Å². The van der Waals surface area contributed by atoms with Crippen LogP contribution < -0.4 is 0 Å². The van der Waals surface area contributed by atoms with E-state index >= 15 is 0 Å². The minimum atomic E-state index is 0.627. The Morgan fingerprint density at radius 2 is 2.31 bits per heavy atom. The van der Waals surface area contributed by atoms with Crippen molar-refractivity contribution in [2.75, 3.05) is 0 Å². The molecule has 0 spiro atoms. The van der Waals surface area contributed by atoms with E-state index in [1.54, 1.807) is 18.3 Å². The molecule has 3 nitrogen and oxygen atoms in total. The Balaban J connectivity index is 3.13. The number of nitrogens with zero attached hydrogens (tertiary/aromatic N) is 3. The highest BCUT2D eigenvalue weighted by Gasteiger charge is 1.97. The lowest BCUT2D eigenvalue weighted by molar-refractivity contribution is 1.14. The maximum absolute atomic E-state index is 4.22. The topological polar surface area (TPSA) is 38.1 Å². The maximum atomic E-state index is 4.22. The van der Waals surface area contributed by atoms with E-state index in [4.69, 9.17) is 0 Å². The number of hydrogen-bond donors (Lipinski definition) is 0. The quantitative estimate of drug-likeness (QED) is 0.658. The van der Waals surface area contributed by atoms with Crippen molar-refractivity contribution in [2.45, 2.75) is 6.92 Å². The molecule has 13 heavy (non-hydrogen) atoms. The van der Waals surface area contributed by atoms with Crippen LogP contribution in [0.15, 0.2) is 36.8 Å². The van der Waals surface area contributed by atoms with Crippen LogP contribution in [0.3, 0.4) is 0 Å². The van der Waals surface area contributed by atoms with E-state index in [9.17, 15) is 0 Å². The molecule has 0 saturated carbocycles. The van der Waals surface area contributed by atoms with E-state index in [2.05, 4.69) is 28.1 Å². The minimum Gasteiger partial charge on any atom is -0.244 e. The first kappa shape index (κ1) is 9.32. The van der Waals surface area contributed by atoms with Crippen LogP contribution in [0.5, 0.6) is 0 Å². The lowest BCUT2D eigenvalue weighted by Gasteiger charge is -1.97. The van der Waals surface area contributed by atoms with Gasteiger partial charge in [0.05, 0.1) is 0 Å². The fourth-order valence-corrected chi connectivity index (χ4v) is 0.784. The first-order valence-corrected chi connectivity index (χ1v) is 3.88. The van der Waals surface area contributed by atoms with Crippen LogP contribution in [0.4, 0.5) is 5.82 Å². The van der Waals surface area contributed by atoms with Gasteiger partial charge in [-0.15, -0.1) is 0 Å². The molecule has 1 aromatic heterocycles. The second-order valence-electron chi connectivity index (χ2n) is 2.46. The highest BCUT2D eigenvalue weighted by Crippen LogP contribution is 2.14. The van der Waals surface area contributed by atoms with Crippen LogP contribution in [0, 0.1) is 0 Å². The van der Waals surface area contributed by atoms with E-state index in [1.165, 1.54) is 6.33 Å². The van der Waals surface area contributed by atoms with Gasteiger partial charge in [0.25, 0.3) is 0 Å². The van der Waals surface area contributed by atoms with E-state index in [0.717, 1.165) is 11.3 Å². The molecule has 0 saturated heterocycles. The smallest absolute Gasteiger partial charge is 0.162 e. The summed E-state index contributed by atoms with van der Waals surface area (Å²) < 4.78 is 0. The number of aliphatic imine (C=N–C) groups is 1. The molecule has 3 heteroatoms. The van der Waals surface area contributed by atoms with Gasteiger partial charge in [-0.3, -0.25) is 0 Å². The highest BCUT2D eigenvalue weighted by atomic mass is 14.9. The third-order valence-electron chi connectivity index (χ3n) is 1.52. The van der Waals surface area contributed by atoms with Gasteiger partial charge in [-0.05, 0) is 13.0 Å². The van der Waals surface area contributed by atoms with Gasteiger partial charge in [-0.25, -0.2) is 15.0 Å². The Hall–Kier alpha value is -1.77. The molecule has 1 heterocycles. The van der Waals surface area contributed by atoms with E-state index in [1.807, 2.05) is 6.92 Å².